The van der Waals surface area contributed by atoms with Crippen LogP contribution in [0.4, 0.5) is 5.13 Å². The first-order valence-corrected chi connectivity index (χ1v) is 9.67. The van der Waals surface area contributed by atoms with Crippen LogP contribution in [0.15, 0.2) is 29.8 Å². The molecule has 0 saturated carbocycles. The van der Waals surface area contributed by atoms with Gasteiger partial charge in [-0.05, 0) is 18.6 Å². The fourth-order valence-electron chi connectivity index (χ4n) is 2.57. The van der Waals surface area contributed by atoms with E-state index >= 15 is 0 Å². The Morgan fingerprint density at radius 1 is 1.22 bits per heavy atom. The molecule has 2 aromatic rings. The lowest BCUT2D eigenvalue weighted by Crippen LogP contribution is -2.38. The zero-order chi connectivity index (χ0) is 19.6. The summed E-state index contributed by atoms with van der Waals surface area (Å²) in [7, 11) is 3.05. The highest BCUT2D eigenvalue weighted by Crippen LogP contribution is 2.26. The van der Waals surface area contributed by atoms with Crippen LogP contribution in [0.2, 0.25) is 0 Å². The molecule has 8 heteroatoms. The number of benzene rings is 1. The number of nitrogens with zero attached hydrogens (tertiary/aromatic N) is 2. The maximum absolute atomic E-state index is 13.1. The first-order chi connectivity index (χ1) is 13.1. The Balaban J connectivity index is 2.16. The number of hydrogen-bond donors (Lipinski definition) is 1. The summed E-state index contributed by atoms with van der Waals surface area (Å²) >= 11 is 1.33. The van der Waals surface area contributed by atoms with E-state index in [2.05, 4.69) is 17.2 Å². The van der Waals surface area contributed by atoms with Crippen molar-refractivity contribution in [3.63, 3.8) is 0 Å². The number of ether oxygens (including phenoxy) is 2. The fourth-order valence-corrected chi connectivity index (χ4v) is 3.11. The largest absolute Gasteiger partial charge is 0.497 e. The lowest BCUT2D eigenvalue weighted by molar-refractivity contribution is -0.116. The molecule has 0 spiro atoms. The molecule has 1 N–H and O–H groups in total. The number of thiazole rings is 1. The van der Waals surface area contributed by atoms with Gasteiger partial charge in [-0.2, -0.15) is 0 Å². The molecule has 1 aromatic heterocycles. The van der Waals surface area contributed by atoms with Gasteiger partial charge in [0.2, 0.25) is 5.91 Å². The molecule has 0 saturated heterocycles. The zero-order valence-electron chi connectivity index (χ0n) is 15.9. The lowest BCUT2D eigenvalue weighted by atomic mass is 10.1. The van der Waals surface area contributed by atoms with Gasteiger partial charge in [0.15, 0.2) is 5.13 Å². The Morgan fingerprint density at radius 3 is 2.67 bits per heavy atom. The number of anilines is 1. The molecule has 146 valence electrons. The van der Waals surface area contributed by atoms with Crippen LogP contribution in [-0.4, -0.2) is 49.0 Å². The molecular weight excluding hydrogens is 366 g/mol. The molecule has 0 atom stereocenters. The molecule has 0 unspecified atom stereocenters. The van der Waals surface area contributed by atoms with Crippen molar-refractivity contribution >= 4 is 28.3 Å². The molecule has 1 heterocycles. The number of carbonyl (C=O) groups is 2. The van der Waals surface area contributed by atoms with E-state index in [1.54, 1.807) is 41.8 Å². The van der Waals surface area contributed by atoms with E-state index in [1.165, 1.54) is 18.4 Å². The van der Waals surface area contributed by atoms with E-state index in [9.17, 15) is 9.59 Å². The minimum atomic E-state index is -0.276. The molecule has 0 fully saturated rings. The summed E-state index contributed by atoms with van der Waals surface area (Å²) in [5.41, 5.74) is 0.400. The van der Waals surface area contributed by atoms with Crippen LogP contribution in [-0.2, 0) is 4.79 Å². The van der Waals surface area contributed by atoms with Crippen molar-refractivity contribution in [2.45, 2.75) is 26.2 Å². The monoisotopic (exact) mass is 391 g/mol. The van der Waals surface area contributed by atoms with Gasteiger partial charge in [0.25, 0.3) is 5.91 Å². The molecule has 1 aromatic carbocycles. The van der Waals surface area contributed by atoms with E-state index in [0.717, 1.165) is 19.3 Å². The second-order valence-corrected chi connectivity index (χ2v) is 6.78. The molecule has 2 rings (SSSR count). The Morgan fingerprint density at radius 2 is 2.04 bits per heavy atom. The van der Waals surface area contributed by atoms with Gasteiger partial charge in [-0.15, -0.1) is 11.3 Å². The summed E-state index contributed by atoms with van der Waals surface area (Å²) in [6, 6.07) is 5.02. The molecule has 0 radical (unpaired) electrons. The van der Waals surface area contributed by atoms with Gasteiger partial charge in [0.05, 0.1) is 19.8 Å². The van der Waals surface area contributed by atoms with Gasteiger partial charge in [-0.25, -0.2) is 4.98 Å². The van der Waals surface area contributed by atoms with Crippen molar-refractivity contribution < 1.29 is 19.1 Å². The second-order valence-electron chi connectivity index (χ2n) is 5.89. The summed E-state index contributed by atoms with van der Waals surface area (Å²) in [6.45, 7) is 2.54. The van der Waals surface area contributed by atoms with Crippen LogP contribution >= 0.6 is 11.3 Å². The highest BCUT2D eigenvalue weighted by Gasteiger charge is 2.22. The van der Waals surface area contributed by atoms with Crippen LogP contribution in [0.3, 0.4) is 0 Å². The predicted molar refractivity (Wildman–Crippen MR) is 106 cm³/mol. The van der Waals surface area contributed by atoms with Gasteiger partial charge >= 0.3 is 0 Å². The van der Waals surface area contributed by atoms with Crippen molar-refractivity contribution in [2.75, 3.05) is 32.6 Å². The SMILES string of the molecule is CCCCCN(CC(=O)Nc1nccs1)C(=O)c1ccc(OC)cc1OC. The summed E-state index contributed by atoms with van der Waals surface area (Å²) in [6.07, 6.45) is 4.45. The van der Waals surface area contributed by atoms with Crippen LogP contribution < -0.4 is 14.8 Å². The topological polar surface area (TPSA) is 80.8 Å². The number of unbranched alkanes of at least 4 members (excludes halogenated alkanes) is 2. The number of nitrogens with one attached hydrogen (secondary N) is 1. The van der Waals surface area contributed by atoms with Crippen molar-refractivity contribution in [1.29, 1.82) is 0 Å². The molecule has 0 aliphatic heterocycles. The molecule has 7 nitrogen and oxygen atoms in total. The first kappa shape index (κ1) is 20.7. The second kappa shape index (κ2) is 10.5. The number of carbonyl (C=O) groups excluding carboxylic acids is 2. The van der Waals surface area contributed by atoms with Gasteiger partial charge in [0.1, 0.15) is 18.0 Å². The van der Waals surface area contributed by atoms with E-state index in [4.69, 9.17) is 9.47 Å². The van der Waals surface area contributed by atoms with Crippen molar-refractivity contribution in [2.24, 2.45) is 0 Å². The Hall–Kier alpha value is -2.61. The third-order valence-electron chi connectivity index (χ3n) is 3.97. The van der Waals surface area contributed by atoms with E-state index in [1.807, 2.05) is 0 Å². The van der Waals surface area contributed by atoms with Gasteiger partial charge in [-0.1, -0.05) is 19.8 Å². The quantitative estimate of drug-likeness (QED) is 0.628. The maximum atomic E-state index is 13.1. The van der Waals surface area contributed by atoms with Crippen LogP contribution in [0.1, 0.15) is 36.5 Å². The lowest BCUT2D eigenvalue weighted by Gasteiger charge is -2.23. The van der Waals surface area contributed by atoms with Crippen molar-refractivity contribution in [3.8, 4) is 11.5 Å². The predicted octanol–water partition coefficient (Wildman–Crippen LogP) is 3.43. The standard InChI is InChI=1S/C19H25N3O4S/c1-4-5-6-10-22(13-17(23)21-19-20-9-11-27-19)18(24)15-8-7-14(25-2)12-16(15)26-3/h7-9,11-12H,4-6,10,13H2,1-3H3,(H,20,21,23). The highest BCUT2D eigenvalue weighted by molar-refractivity contribution is 7.13. The average Bonchev–Trinajstić information content (AvgIpc) is 3.19. The third-order valence-corrected chi connectivity index (χ3v) is 4.66. The molecule has 27 heavy (non-hydrogen) atoms. The average molecular weight is 391 g/mol. The Kier molecular flexibility index (Phi) is 8.06. The molecule has 0 bridgehead atoms. The smallest absolute Gasteiger partial charge is 0.258 e. The number of amides is 2. The van der Waals surface area contributed by atoms with Crippen LogP contribution in [0.25, 0.3) is 0 Å². The zero-order valence-corrected chi connectivity index (χ0v) is 16.7. The van der Waals surface area contributed by atoms with Gasteiger partial charge < -0.3 is 19.7 Å². The summed E-state index contributed by atoms with van der Waals surface area (Å²) in [5, 5.41) is 5.02. The Bertz CT molecular complexity index is 749. The van der Waals surface area contributed by atoms with E-state index in [0.29, 0.717) is 28.7 Å². The van der Waals surface area contributed by atoms with Gasteiger partial charge in [0, 0.05) is 24.2 Å². The number of hydrogen-bond acceptors (Lipinski definition) is 6. The first-order valence-electron chi connectivity index (χ1n) is 8.79. The summed E-state index contributed by atoms with van der Waals surface area (Å²) in [4.78, 5) is 31.0. The number of methoxy groups -OCH3 is 2. The number of rotatable bonds is 10. The minimum absolute atomic E-state index is 0.0443. The van der Waals surface area contributed by atoms with Crippen molar-refractivity contribution in [3.05, 3.63) is 35.3 Å². The normalized spacial score (nSPS) is 10.3. The molecule has 0 aliphatic carbocycles. The van der Waals surface area contributed by atoms with Crippen LogP contribution in [0, 0.1) is 0 Å². The maximum Gasteiger partial charge on any atom is 0.258 e. The highest BCUT2D eigenvalue weighted by atomic mass is 32.1. The molecule has 2 amide bonds. The third kappa shape index (κ3) is 5.96. The van der Waals surface area contributed by atoms with Crippen molar-refractivity contribution in [1.82, 2.24) is 9.88 Å². The van der Waals surface area contributed by atoms with E-state index in [-0.39, 0.29) is 18.4 Å². The Labute approximate surface area is 163 Å². The minimum Gasteiger partial charge on any atom is -0.497 e. The molecular formula is C19H25N3O4S. The number of aromatic nitrogens is 1. The van der Waals surface area contributed by atoms with Crippen LogP contribution in [0.5, 0.6) is 11.5 Å². The van der Waals surface area contributed by atoms with E-state index < -0.39 is 0 Å². The van der Waals surface area contributed by atoms with Gasteiger partial charge in [-0.3, -0.25) is 9.59 Å². The summed E-state index contributed by atoms with van der Waals surface area (Å²) in [5.74, 6) is 0.491. The summed E-state index contributed by atoms with van der Waals surface area (Å²) < 4.78 is 10.5. The fraction of sp³-hybridized carbons (Fsp3) is 0.421. The molecule has 0 aliphatic rings.